The van der Waals surface area contributed by atoms with E-state index in [1.54, 1.807) is 4.57 Å². The second-order valence-corrected chi connectivity index (χ2v) is 8.83. The van der Waals surface area contributed by atoms with E-state index in [1.807, 2.05) is 13.3 Å². The molecule has 2 heterocycles. The molecule has 2 aromatic rings. The molecule has 0 amide bonds. The van der Waals surface area contributed by atoms with Crippen LogP contribution >= 0.6 is 0 Å². The highest BCUT2D eigenvalue weighted by Gasteiger charge is 2.59. The number of hydrogen-bond donors (Lipinski definition) is 0. The lowest BCUT2D eigenvalue weighted by Gasteiger charge is -2.34. The zero-order valence-electron chi connectivity index (χ0n) is 15.8. The molecule has 4 aliphatic rings. The van der Waals surface area contributed by atoms with Crippen molar-refractivity contribution in [3.63, 3.8) is 0 Å². The summed E-state index contributed by atoms with van der Waals surface area (Å²) >= 11 is 0. The van der Waals surface area contributed by atoms with E-state index in [1.165, 1.54) is 36.7 Å². The fourth-order valence-electron chi connectivity index (χ4n) is 6.52. The molecule has 2 atom stereocenters. The van der Waals surface area contributed by atoms with E-state index in [-0.39, 0.29) is 16.8 Å². The first kappa shape index (κ1) is 16.3. The molecule has 0 spiro atoms. The lowest BCUT2D eigenvalue weighted by molar-refractivity contribution is 0.208. The molecule has 140 valence electrons. The van der Waals surface area contributed by atoms with E-state index in [9.17, 15) is 9.59 Å². The minimum Gasteiger partial charge on any atom is -0.318 e. The largest absolute Gasteiger partial charge is 0.332 e. The van der Waals surface area contributed by atoms with E-state index in [0.717, 1.165) is 24.7 Å². The number of aromatic nitrogens is 4. The molecule has 0 N–H and O–H groups in total. The average molecular weight is 356 g/mol. The van der Waals surface area contributed by atoms with Crippen molar-refractivity contribution in [1.82, 2.24) is 18.7 Å². The van der Waals surface area contributed by atoms with Gasteiger partial charge in [-0.25, -0.2) is 9.78 Å². The Hall–Kier alpha value is -1.85. The monoisotopic (exact) mass is 356 g/mol. The van der Waals surface area contributed by atoms with Gasteiger partial charge in [0.25, 0.3) is 5.56 Å². The predicted octanol–water partition coefficient (Wildman–Crippen LogP) is 2.71. The topological polar surface area (TPSA) is 61.8 Å². The van der Waals surface area contributed by atoms with E-state index in [0.29, 0.717) is 30.2 Å². The highest BCUT2D eigenvalue weighted by atomic mass is 16.2. The molecule has 4 aliphatic carbocycles. The molecule has 26 heavy (non-hydrogen) atoms. The summed E-state index contributed by atoms with van der Waals surface area (Å²) in [5.41, 5.74) is 0.984. The van der Waals surface area contributed by atoms with Gasteiger partial charge in [0.15, 0.2) is 11.2 Å². The molecule has 4 fully saturated rings. The standard InChI is InChI=1S/C20H28N4O2/c1-3-5-22-17-16(18(25)23(6-4-2)19(22)26)24(12-21-17)20-10-13-7-14(11-20)9-15(20)8-13/h12-15H,3-11H2,1-2H3. The van der Waals surface area contributed by atoms with E-state index >= 15 is 0 Å². The molecular formula is C20H28N4O2. The van der Waals surface area contributed by atoms with Crippen LogP contribution in [0.3, 0.4) is 0 Å². The third-order valence-corrected chi connectivity index (χ3v) is 7.23. The molecule has 2 unspecified atom stereocenters. The van der Waals surface area contributed by atoms with Gasteiger partial charge < -0.3 is 4.57 Å². The number of nitrogens with zero attached hydrogens (tertiary/aromatic N) is 4. The maximum Gasteiger partial charge on any atom is 0.332 e. The predicted molar refractivity (Wildman–Crippen MR) is 100 cm³/mol. The Labute approximate surface area is 152 Å². The van der Waals surface area contributed by atoms with Gasteiger partial charge >= 0.3 is 5.69 Å². The maximum atomic E-state index is 13.3. The minimum absolute atomic E-state index is 0.0694. The second-order valence-electron chi connectivity index (χ2n) is 8.83. The Morgan fingerprint density at radius 3 is 2.35 bits per heavy atom. The summed E-state index contributed by atoms with van der Waals surface area (Å²) < 4.78 is 5.37. The van der Waals surface area contributed by atoms with Gasteiger partial charge in [0.2, 0.25) is 0 Å². The summed E-state index contributed by atoms with van der Waals surface area (Å²) in [7, 11) is 0. The second kappa shape index (κ2) is 5.57. The van der Waals surface area contributed by atoms with Gasteiger partial charge in [0.1, 0.15) is 0 Å². The first-order valence-corrected chi connectivity index (χ1v) is 10.3. The number of hydrogen-bond acceptors (Lipinski definition) is 3. The summed E-state index contributed by atoms with van der Waals surface area (Å²) in [4.78, 5) is 30.8. The smallest absolute Gasteiger partial charge is 0.318 e. The lowest BCUT2D eigenvalue weighted by atomic mass is 9.80. The molecule has 4 saturated carbocycles. The SMILES string of the molecule is CCCn1c(=O)c2c(ncn2C23CC4CC(CC2C4)C3)n(CCC)c1=O. The van der Waals surface area contributed by atoms with Crippen molar-refractivity contribution in [3.05, 3.63) is 27.2 Å². The highest BCUT2D eigenvalue weighted by molar-refractivity contribution is 5.70. The molecule has 0 saturated heterocycles. The van der Waals surface area contributed by atoms with Crippen LogP contribution in [0.4, 0.5) is 0 Å². The first-order valence-electron chi connectivity index (χ1n) is 10.3. The molecule has 0 aromatic carbocycles. The number of imidazole rings is 1. The van der Waals surface area contributed by atoms with Crippen LogP contribution in [0.5, 0.6) is 0 Å². The number of aryl methyl sites for hydroxylation is 1. The van der Waals surface area contributed by atoms with Crippen molar-refractivity contribution in [2.75, 3.05) is 0 Å². The number of rotatable bonds is 5. The van der Waals surface area contributed by atoms with Crippen molar-refractivity contribution in [1.29, 1.82) is 0 Å². The van der Waals surface area contributed by atoms with Crippen LogP contribution in [0.25, 0.3) is 11.2 Å². The van der Waals surface area contributed by atoms with E-state index < -0.39 is 0 Å². The van der Waals surface area contributed by atoms with Crippen LogP contribution in [-0.4, -0.2) is 18.7 Å². The van der Waals surface area contributed by atoms with Gasteiger partial charge in [-0.15, -0.1) is 0 Å². The highest BCUT2D eigenvalue weighted by Crippen LogP contribution is 2.64. The van der Waals surface area contributed by atoms with Crippen LogP contribution < -0.4 is 11.2 Å². The van der Waals surface area contributed by atoms with Gasteiger partial charge in [0.05, 0.1) is 6.33 Å². The first-order chi connectivity index (χ1) is 12.6. The fraction of sp³-hybridized carbons (Fsp3) is 0.750. The zero-order chi connectivity index (χ0) is 18.1. The Morgan fingerprint density at radius 2 is 1.69 bits per heavy atom. The molecular weight excluding hydrogens is 328 g/mol. The summed E-state index contributed by atoms with van der Waals surface area (Å²) in [6, 6.07) is 0. The summed E-state index contributed by atoms with van der Waals surface area (Å²) in [5, 5.41) is 0. The molecule has 4 bridgehead atoms. The van der Waals surface area contributed by atoms with Crippen molar-refractivity contribution >= 4 is 11.2 Å². The Bertz CT molecular complexity index is 968. The number of fused-ring (bicyclic) bond motifs is 1. The average Bonchev–Trinajstić information content (AvgIpc) is 3.23. The molecule has 6 nitrogen and oxygen atoms in total. The Balaban J connectivity index is 1.78. The maximum absolute atomic E-state index is 13.3. The van der Waals surface area contributed by atoms with Crippen LogP contribution in [0.15, 0.2) is 15.9 Å². The normalized spacial score (nSPS) is 32.2. The molecule has 0 radical (unpaired) electrons. The molecule has 0 aliphatic heterocycles. The van der Waals surface area contributed by atoms with Gasteiger partial charge in [0, 0.05) is 18.6 Å². The van der Waals surface area contributed by atoms with Gasteiger partial charge in [-0.05, 0) is 62.7 Å². The van der Waals surface area contributed by atoms with Crippen LogP contribution in [0, 0.1) is 17.8 Å². The molecule has 6 rings (SSSR count). The lowest BCUT2D eigenvalue weighted by Crippen LogP contribution is -2.42. The summed E-state index contributed by atoms with van der Waals surface area (Å²) in [6.07, 6.45) is 9.83. The van der Waals surface area contributed by atoms with Gasteiger partial charge in [-0.1, -0.05) is 13.8 Å². The van der Waals surface area contributed by atoms with Crippen LogP contribution in [0.2, 0.25) is 0 Å². The van der Waals surface area contributed by atoms with Crippen molar-refractivity contribution in [2.45, 2.75) is 77.4 Å². The Kier molecular flexibility index (Phi) is 3.50. The van der Waals surface area contributed by atoms with Crippen molar-refractivity contribution < 1.29 is 0 Å². The third kappa shape index (κ3) is 1.96. The van der Waals surface area contributed by atoms with Crippen molar-refractivity contribution in [2.24, 2.45) is 17.8 Å². The Morgan fingerprint density at radius 1 is 1.04 bits per heavy atom. The summed E-state index contributed by atoms with van der Waals surface area (Å²) in [5.74, 6) is 2.29. The molecule has 2 aromatic heterocycles. The minimum atomic E-state index is -0.203. The fourth-order valence-corrected chi connectivity index (χ4v) is 6.52. The third-order valence-electron chi connectivity index (χ3n) is 7.23. The van der Waals surface area contributed by atoms with Crippen LogP contribution in [0.1, 0.15) is 58.8 Å². The van der Waals surface area contributed by atoms with Gasteiger partial charge in [-0.2, -0.15) is 0 Å². The summed E-state index contributed by atoms with van der Waals surface area (Å²) in [6.45, 7) is 5.15. The van der Waals surface area contributed by atoms with E-state index in [4.69, 9.17) is 0 Å². The van der Waals surface area contributed by atoms with Crippen molar-refractivity contribution in [3.8, 4) is 0 Å². The quantitative estimate of drug-likeness (QED) is 0.827. The van der Waals surface area contributed by atoms with Gasteiger partial charge in [-0.3, -0.25) is 13.9 Å². The van der Waals surface area contributed by atoms with Crippen LogP contribution in [-0.2, 0) is 18.6 Å². The molecule has 6 heteroatoms. The van der Waals surface area contributed by atoms with E-state index in [2.05, 4.69) is 16.5 Å². The zero-order valence-corrected chi connectivity index (χ0v) is 15.8.